The zero-order valence-electron chi connectivity index (χ0n) is 17.4. The average molecular weight is 422 g/mol. The summed E-state index contributed by atoms with van der Waals surface area (Å²) < 4.78 is 12.8. The van der Waals surface area contributed by atoms with Crippen LogP contribution in [0.3, 0.4) is 0 Å². The Labute approximate surface area is 179 Å². The van der Waals surface area contributed by atoms with Gasteiger partial charge in [0.1, 0.15) is 11.5 Å². The van der Waals surface area contributed by atoms with Gasteiger partial charge >= 0.3 is 0 Å². The molecule has 2 aromatic heterocycles. The number of fused-ring (bicyclic) bond motifs is 1. The molecule has 0 bridgehead atoms. The van der Waals surface area contributed by atoms with Crippen molar-refractivity contribution in [1.29, 1.82) is 0 Å². The van der Waals surface area contributed by atoms with E-state index in [1.54, 1.807) is 14.2 Å². The number of hydrogen-bond donors (Lipinski definition) is 1. The van der Waals surface area contributed by atoms with Crippen molar-refractivity contribution in [3.8, 4) is 22.8 Å². The molecule has 0 aliphatic rings. The number of hydrogen-bond acceptors (Lipinski definition) is 5. The van der Waals surface area contributed by atoms with E-state index in [4.69, 9.17) is 14.5 Å². The van der Waals surface area contributed by atoms with E-state index in [-0.39, 0.29) is 12.3 Å². The summed E-state index contributed by atoms with van der Waals surface area (Å²) in [7, 11) is 3.26. The minimum Gasteiger partial charge on any atom is -0.497 e. The lowest BCUT2D eigenvalue weighted by Gasteiger charge is -2.08. The normalized spacial score (nSPS) is 10.9. The third kappa shape index (κ3) is 3.89. The molecule has 0 aliphatic heterocycles. The highest BCUT2D eigenvalue weighted by atomic mass is 32.1. The van der Waals surface area contributed by atoms with Gasteiger partial charge in [0.2, 0.25) is 5.91 Å². The highest BCUT2D eigenvalue weighted by molar-refractivity contribution is 7.15. The summed E-state index contributed by atoms with van der Waals surface area (Å²) in [4.78, 5) is 18.1. The highest BCUT2D eigenvalue weighted by Gasteiger charge is 2.16. The Bertz CT molecular complexity index is 1230. The number of carbonyl (C=O) groups is 1. The number of carbonyl (C=O) groups excluding carboxylic acids is 1. The third-order valence-corrected chi connectivity index (χ3v) is 5.99. The molecule has 4 rings (SSSR count). The monoisotopic (exact) mass is 421 g/mol. The fraction of sp³-hybridized carbons (Fsp3) is 0.217. The van der Waals surface area contributed by atoms with Gasteiger partial charge in [0, 0.05) is 28.5 Å². The molecule has 7 heteroatoms. The number of nitrogens with one attached hydrogen (secondary N) is 1. The van der Waals surface area contributed by atoms with Gasteiger partial charge in [-0.3, -0.25) is 9.20 Å². The van der Waals surface area contributed by atoms with Gasteiger partial charge in [-0.2, -0.15) is 0 Å². The summed E-state index contributed by atoms with van der Waals surface area (Å²) in [5.74, 6) is 1.39. The predicted molar refractivity (Wildman–Crippen MR) is 120 cm³/mol. The first-order valence-electron chi connectivity index (χ1n) is 9.53. The average Bonchev–Trinajstić information content (AvgIpc) is 3.32. The van der Waals surface area contributed by atoms with Gasteiger partial charge in [0.05, 0.1) is 26.3 Å². The molecule has 4 aromatic rings. The molecule has 0 saturated carbocycles. The zero-order chi connectivity index (χ0) is 21.3. The first kappa shape index (κ1) is 20.0. The molecule has 0 atom stereocenters. The molecule has 0 radical (unpaired) electrons. The van der Waals surface area contributed by atoms with Gasteiger partial charge in [0.25, 0.3) is 0 Å². The Morgan fingerprint density at radius 3 is 2.67 bits per heavy atom. The summed E-state index contributed by atoms with van der Waals surface area (Å²) in [5, 5.41) is 4.95. The van der Waals surface area contributed by atoms with Crippen LogP contribution in [0.4, 0.5) is 5.69 Å². The molecular formula is C23H23N3O3S. The van der Waals surface area contributed by atoms with Crippen molar-refractivity contribution < 1.29 is 14.3 Å². The SMILES string of the molecule is COc1ccc(OC)c(-c2cn3c(CC(=O)Nc4ccc(C)c(C)c4)csc3n2)c1. The molecule has 1 N–H and O–H groups in total. The van der Waals surface area contributed by atoms with Crippen molar-refractivity contribution in [1.82, 2.24) is 9.38 Å². The lowest BCUT2D eigenvalue weighted by molar-refractivity contribution is -0.115. The van der Waals surface area contributed by atoms with E-state index in [0.717, 1.165) is 44.7 Å². The van der Waals surface area contributed by atoms with Gasteiger partial charge in [-0.25, -0.2) is 4.98 Å². The van der Waals surface area contributed by atoms with Crippen molar-refractivity contribution in [2.45, 2.75) is 20.3 Å². The number of benzene rings is 2. The lowest BCUT2D eigenvalue weighted by atomic mass is 10.1. The Kier molecular flexibility index (Phi) is 5.46. The molecule has 6 nitrogen and oxygen atoms in total. The second kappa shape index (κ2) is 8.20. The van der Waals surface area contributed by atoms with Crippen LogP contribution in [-0.4, -0.2) is 29.5 Å². The van der Waals surface area contributed by atoms with Crippen molar-refractivity contribution in [2.75, 3.05) is 19.5 Å². The number of imidazole rings is 1. The summed E-state index contributed by atoms with van der Waals surface area (Å²) in [6.07, 6.45) is 2.19. The van der Waals surface area contributed by atoms with Crippen LogP contribution in [0.5, 0.6) is 11.5 Å². The number of ether oxygens (including phenoxy) is 2. The maximum Gasteiger partial charge on any atom is 0.230 e. The molecule has 0 spiro atoms. The number of rotatable bonds is 6. The number of thiazole rings is 1. The summed E-state index contributed by atoms with van der Waals surface area (Å²) in [6, 6.07) is 11.5. The Morgan fingerprint density at radius 1 is 1.10 bits per heavy atom. The Hall–Kier alpha value is -3.32. The van der Waals surface area contributed by atoms with Gasteiger partial charge in [-0.1, -0.05) is 6.07 Å². The van der Waals surface area contributed by atoms with E-state index < -0.39 is 0 Å². The number of nitrogens with zero attached hydrogens (tertiary/aromatic N) is 2. The van der Waals surface area contributed by atoms with E-state index >= 15 is 0 Å². The summed E-state index contributed by atoms with van der Waals surface area (Å²) in [5.41, 5.74) is 5.66. The lowest BCUT2D eigenvalue weighted by Crippen LogP contribution is -2.15. The Morgan fingerprint density at radius 2 is 1.93 bits per heavy atom. The predicted octanol–water partition coefficient (Wildman–Crippen LogP) is 4.88. The van der Waals surface area contributed by atoms with Crippen molar-refractivity contribution in [3.05, 3.63) is 64.8 Å². The zero-order valence-corrected chi connectivity index (χ0v) is 18.2. The van der Waals surface area contributed by atoms with E-state index in [9.17, 15) is 4.79 Å². The first-order chi connectivity index (χ1) is 14.5. The van der Waals surface area contributed by atoms with Crippen molar-refractivity contribution in [2.24, 2.45) is 0 Å². The number of aromatic nitrogens is 2. The molecule has 1 amide bonds. The highest BCUT2D eigenvalue weighted by Crippen LogP contribution is 2.34. The van der Waals surface area contributed by atoms with E-state index in [1.807, 2.05) is 59.3 Å². The quantitative estimate of drug-likeness (QED) is 0.482. The molecule has 0 unspecified atom stereocenters. The van der Waals surface area contributed by atoms with Gasteiger partial charge in [-0.15, -0.1) is 11.3 Å². The van der Waals surface area contributed by atoms with Crippen molar-refractivity contribution >= 4 is 27.9 Å². The van der Waals surface area contributed by atoms with Crippen LogP contribution in [0, 0.1) is 13.8 Å². The molecule has 0 aliphatic carbocycles. The molecule has 0 fully saturated rings. The first-order valence-corrected chi connectivity index (χ1v) is 10.4. The topological polar surface area (TPSA) is 64.9 Å². The van der Waals surface area contributed by atoms with Crippen LogP contribution in [0.2, 0.25) is 0 Å². The van der Waals surface area contributed by atoms with Crippen LogP contribution >= 0.6 is 11.3 Å². The molecule has 2 aromatic carbocycles. The number of aryl methyl sites for hydroxylation is 2. The van der Waals surface area contributed by atoms with Crippen LogP contribution in [0.25, 0.3) is 16.2 Å². The van der Waals surface area contributed by atoms with E-state index in [0.29, 0.717) is 0 Å². The molecule has 2 heterocycles. The number of amides is 1. The minimum absolute atomic E-state index is 0.0628. The third-order valence-electron chi connectivity index (χ3n) is 5.10. The van der Waals surface area contributed by atoms with Crippen LogP contribution < -0.4 is 14.8 Å². The van der Waals surface area contributed by atoms with Crippen LogP contribution in [-0.2, 0) is 11.2 Å². The van der Waals surface area contributed by atoms with Crippen LogP contribution in [0.1, 0.15) is 16.8 Å². The van der Waals surface area contributed by atoms with Gasteiger partial charge < -0.3 is 14.8 Å². The fourth-order valence-electron chi connectivity index (χ4n) is 3.29. The maximum absolute atomic E-state index is 12.6. The second-order valence-corrected chi connectivity index (χ2v) is 7.93. The van der Waals surface area contributed by atoms with Crippen LogP contribution in [0.15, 0.2) is 48.0 Å². The molecule has 0 saturated heterocycles. The van der Waals surface area contributed by atoms with E-state index in [1.165, 1.54) is 16.9 Å². The smallest absolute Gasteiger partial charge is 0.230 e. The Balaban J connectivity index is 1.59. The van der Waals surface area contributed by atoms with Gasteiger partial charge in [-0.05, 0) is 55.3 Å². The van der Waals surface area contributed by atoms with Crippen molar-refractivity contribution in [3.63, 3.8) is 0 Å². The molecule has 30 heavy (non-hydrogen) atoms. The maximum atomic E-state index is 12.6. The van der Waals surface area contributed by atoms with Gasteiger partial charge in [0.15, 0.2) is 4.96 Å². The molecule has 154 valence electrons. The molecular weight excluding hydrogens is 398 g/mol. The fourth-order valence-corrected chi connectivity index (χ4v) is 4.16. The largest absolute Gasteiger partial charge is 0.497 e. The minimum atomic E-state index is -0.0628. The second-order valence-electron chi connectivity index (χ2n) is 7.10. The summed E-state index contributed by atoms with van der Waals surface area (Å²) in [6.45, 7) is 4.09. The number of methoxy groups -OCH3 is 2. The number of anilines is 1. The standard InChI is InChI=1S/C23H23N3O3S/c1-14-5-6-16(9-15(14)2)24-22(27)10-17-13-30-23-25-20(12-26(17)23)19-11-18(28-3)7-8-21(19)29-4/h5-9,11-13H,10H2,1-4H3,(H,24,27). The van der Waals surface area contributed by atoms with E-state index in [2.05, 4.69) is 12.2 Å². The summed E-state index contributed by atoms with van der Waals surface area (Å²) >= 11 is 1.51.